The van der Waals surface area contributed by atoms with Gasteiger partial charge in [0.25, 0.3) is 5.91 Å². The van der Waals surface area contributed by atoms with E-state index in [-0.39, 0.29) is 24.2 Å². The highest BCUT2D eigenvalue weighted by Gasteiger charge is 2.28. The zero-order valence-electron chi connectivity index (χ0n) is 16.5. The van der Waals surface area contributed by atoms with Crippen LogP contribution in [0.3, 0.4) is 0 Å². The molecule has 0 radical (unpaired) electrons. The fraction of sp³-hybridized carbons (Fsp3) is 0.304. The molecule has 1 aliphatic rings. The van der Waals surface area contributed by atoms with Crippen molar-refractivity contribution >= 4 is 5.91 Å². The van der Waals surface area contributed by atoms with Gasteiger partial charge in [-0.1, -0.05) is 12.1 Å². The van der Waals surface area contributed by atoms with Gasteiger partial charge in [-0.05, 0) is 54.4 Å². The summed E-state index contributed by atoms with van der Waals surface area (Å²) in [6.07, 6.45) is 3.63. The maximum absolute atomic E-state index is 13.1. The minimum absolute atomic E-state index is 0.0233. The molecule has 2 atom stereocenters. The van der Waals surface area contributed by atoms with E-state index in [0.717, 1.165) is 12.0 Å². The molecule has 1 saturated heterocycles. The number of amides is 1. The highest BCUT2D eigenvalue weighted by Crippen LogP contribution is 2.28. The van der Waals surface area contributed by atoms with Gasteiger partial charge in [0.1, 0.15) is 24.3 Å². The van der Waals surface area contributed by atoms with Crippen LogP contribution in [0.5, 0.6) is 5.75 Å². The number of carbonyl (C=O) groups excluding carboxylic acids is 1. The molecule has 156 valence electrons. The van der Waals surface area contributed by atoms with E-state index in [1.165, 1.54) is 12.1 Å². The number of rotatable bonds is 7. The summed E-state index contributed by atoms with van der Waals surface area (Å²) in [5, 5.41) is 14.1. The molecule has 30 heavy (non-hydrogen) atoms. The highest BCUT2D eigenvalue weighted by molar-refractivity contribution is 5.94. The first kappa shape index (κ1) is 20.1. The molecule has 2 aromatic carbocycles. The number of aliphatic hydroxyl groups excluding tert-OH is 1. The van der Waals surface area contributed by atoms with Gasteiger partial charge in [-0.15, -0.1) is 0 Å². The zero-order valence-corrected chi connectivity index (χ0v) is 16.5. The van der Waals surface area contributed by atoms with Crippen LogP contribution < -0.4 is 4.74 Å². The summed E-state index contributed by atoms with van der Waals surface area (Å²) >= 11 is 0. The first-order chi connectivity index (χ1) is 14.6. The summed E-state index contributed by atoms with van der Waals surface area (Å²) in [5.41, 5.74) is 1.66. The highest BCUT2D eigenvalue weighted by atomic mass is 19.1. The maximum Gasteiger partial charge on any atom is 0.253 e. The van der Waals surface area contributed by atoms with Crippen LogP contribution in [0.2, 0.25) is 0 Å². The van der Waals surface area contributed by atoms with Crippen molar-refractivity contribution in [2.45, 2.75) is 25.0 Å². The molecule has 1 amide bonds. The van der Waals surface area contributed by atoms with Crippen LogP contribution in [-0.4, -0.2) is 51.5 Å². The van der Waals surface area contributed by atoms with Crippen LogP contribution in [0.1, 0.15) is 28.3 Å². The van der Waals surface area contributed by atoms with E-state index in [0.29, 0.717) is 30.9 Å². The fourth-order valence-electron chi connectivity index (χ4n) is 3.70. The maximum atomic E-state index is 13.1. The van der Waals surface area contributed by atoms with Crippen molar-refractivity contribution in [1.29, 1.82) is 0 Å². The van der Waals surface area contributed by atoms with Gasteiger partial charge in [0.05, 0.1) is 6.54 Å². The molecule has 0 saturated carbocycles. The first-order valence-electron chi connectivity index (χ1n) is 10.0. The summed E-state index contributed by atoms with van der Waals surface area (Å²) in [6, 6.07) is 15.3. The van der Waals surface area contributed by atoms with Gasteiger partial charge in [0, 0.05) is 37.0 Å². The quantitative estimate of drug-likeness (QED) is 0.651. The van der Waals surface area contributed by atoms with Crippen molar-refractivity contribution in [3.63, 3.8) is 0 Å². The SMILES string of the molecule is O=C(c1ccc(OCC(O)Cn2cccn2)cc1)N1CC[C@H](c2ccc(F)cc2)C1. The smallest absolute Gasteiger partial charge is 0.253 e. The van der Waals surface area contributed by atoms with Crippen molar-refractivity contribution < 1.29 is 19.0 Å². The summed E-state index contributed by atoms with van der Waals surface area (Å²) in [7, 11) is 0. The normalized spacial score (nSPS) is 17.1. The Bertz CT molecular complexity index is 958. The van der Waals surface area contributed by atoms with E-state index in [2.05, 4.69) is 5.10 Å². The zero-order chi connectivity index (χ0) is 20.9. The molecule has 1 aliphatic heterocycles. The van der Waals surface area contributed by atoms with Crippen LogP contribution >= 0.6 is 0 Å². The molecular weight excluding hydrogens is 385 g/mol. The van der Waals surface area contributed by atoms with Crippen molar-refractivity contribution in [3.8, 4) is 5.75 Å². The van der Waals surface area contributed by atoms with Crippen molar-refractivity contribution in [2.75, 3.05) is 19.7 Å². The third-order valence-electron chi connectivity index (χ3n) is 5.32. The van der Waals surface area contributed by atoms with Crippen LogP contribution in [0, 0.1) is 5.82 Å². The van der Waals surface area contributed by atoms with E-state index in [1.54, 1.807) is 59.5 Å². The monoisotopic (exact) mass is 409 g/mol. The number of aromatic nitrogens is 2. The number of carbonyl (C=O) groups is 1. The van der Waals surface area contributed by atoms with E-state index in [4.69, 9.17) is 4.74 Å². The van der Waals surface area contributed by atoms with Gasteiger partial charge >= 0.3 is 0 Å². The van der Waals surface area contributed by atoms with Gasteiger partial charge < -0.3 is 14.7 Å². The number of nitrogens with zero attached hydrogens (tertiary/aromatic N) is 3. The van der Waals surface area contributed by atoms with Gasteiger partial charge in [-0.3, -0.25) is 9.48 Å². The summed E-state index contributed by atoms with van der Waals surface area (Å²) in [4.78, 5) is 14.6. The third-order valence-corrected chi connectivity index (χ3v) is 5.32. The average Bonchev–Trinajstić information content (AvgIpc) is 3.45. The molecule has 1 N–H and O–H groups in total. The molecule has 4 rings (SSSR count). The number of hydrogen-bond acceptors (Lipinski definition) is 4. The molecular formula is C23H24FN3O3. The number of halogens is 1. The second-order valence-corrected chi connectivity index (χ2v) is 7.51. The molecule has 1 aromatic heterocycles. The van der Waals surface area contributed by atoms with E-state index in [9.17, 15) is 14.3 Å². The molecule has 2 heterocycles. The predicted octanol–water partition coefficient (Wildman–Crippen LogP) is 3.09. The van der Waals surface area contributed by atoms with Crippen LogP contribution in [0.4, 0.5) is 4.39 Å². The Kier molecular flexibility index (Phi) is 6.09. The lowest BCUT2D eigenvalue weighted by Crippen LogP contribution is -2.28. The largest absolute Gasteiger partial charge is 0.491 e. The Morgan fingerprint density at radius 1 is 1.20 bits per heavy atom. The molecule has 3 aromatic rings. The lowest BCUT2D eigenvalue weighted by molar-refractivity contribution is 0.0789. The number of ether oxygens (including phenoxy) is 1. The number of benzene rings is 2. The summed E-state index contributed by atoms with van der Waals surface area (Å²) < 4.78 is 20.4. The minimum Gasteiger partial charge on any atom is -0.491 e. The van der Waals surface area contributed by atoms with Crippen molar-refractivity contribution in [3.05, 3.63) is 83.9 Å². The van der Waals surface area contributed by atoms with Crippen LogP contribution in [-0.2, 0) is 6.54 Å². The lowest BCUT2D eigenvalue weighted by Gasteiger charge is -2.17. The first-order valence-corrected chi connectivity index (χ1v) is 10.0. The number of aliphatic hydroxyl groups is 1. The molecule has 0 spiro atoms. The number of likely N-dealkylation sites (tertiary alicyclic amines) is 1. The Morgan fingerprint density at radius 3 is 2.67 bits per heavy atom. The van der Waals surface area contributed by atoms with Crippen LogP contribution in [0.15, 0.2) is 67.0 Å². The molecule has 7 heteroatoms. The van der Waals surface area contributed by atoms with Gasteiger partial charge in [0.2, 0.25) is 0 Å². The standard InChI is InChI=1S/C23H24FN3O3/c24-20-6-2-17(3-7-20)19-10-13-26(14-19)23(29)18-4-8-22(9-5-18)30-16-21(28)15-27-12-1-11-25-27/h1-9,11-12,19,21,28H,10,13-16H2/t19-,21?/m0/s1. The summed E-state index contributed by atoms with van der Waals surface area (Å²) in [6.45, 7) is 1.80. The van der Waals surface area contributed by atoms with E-state index >= 15 is 0 Å². The fourth-order valence-corrected chi connectivity index (χ4v) is 3.70. The average molecular weight is 409 g/mol. The Morgan fingerprint density at radius 2 is 1.97 bits per heavy atom. The molecule has 6 nitrogen and oxygen atoms in total. The van der Waals surface area contributed by atoms with Gasteiger partial charge in [-0.2, -0.15) is 5.10 Å². The van der Waals surface area contributed by atoms with E-state index < -0.39 is 6.10 Å². The van der Waals surface area contributed by atoms with Crippen molar-refractivity contribution in [1.82, 2.24) is 14.7 Å². The topological polar surface area (TPSA) is 67.6 Å². The second kappa shape index (κ2) is 9.09. The molecule has 0 bridgehead atoms. The van der Waals surface area contributed by atoms with Gasteiger partial charge in [0.15, 0.2) is 0 Å². The third kappa shape index (κ3) is 4.86. The minimum atomic E-state index is -0.681. The molecule has 1 fully saturated rings. The second-order valence-electron chi connectivity index (χ2n) is 7.51. The molecule has 0 aliphatic carbocycles. The van der Waals surface area contributed by atoms with Gasteiger partial charge in [-0.25, -0.2) is 4.39 Å². The lowest BCUT2D eigenvalue weighted by atomic mass is 9.99. The van der Waals surface area contributed by atoms with Crippen molar-refractivity contribution in [2.24, 2.45) is 0 Å². The summed E-state index contributed by atoms with van der Waals surface area (Å²) in [5.74, 6) is 0.552. The molecule has 1 unspecified atom stereocenters. The Labute approximate surface area is 174 Å². The number of hydrogen-bond donors (Lipinski definition) is 1. The van der Waals surface area contributed by atoms with Crippen LogP contribution in [0.25, 0.3) is 0 Å². The predicted molar refractivity (Wildman–Crippen MR) is 110 cm³/mol. The van der Waals surface area contributed by atoms with E-state index in [1.807, 2.05) is 4.90 Å². The Hall–Kier alpha value is -3.19. The Balaban J connectivity index is 1.29.